The maximum Gasteiger partial charge on any atom is 0.251 e. The van der Waals surface area contributed by atoms with Gasteiger partial charge in [-0.3, -0.25) is 4.79 Å². The quantitative estimate of drug-likeness (QED) is 0.747. The molecular formula is C14H16N2O. The second-order valence-electron chi connectivity index (χ2n) is 4.28. The number of amides is 1. The van der Waals surface area contributed by atoms with Crippen molar-refractivity contribution in [3.8, 4) is 11.8 Å². The van der Waals surface area contributed by atoms with E-state index in [0.29, 0.717) is 18.2 Å². The molecule has 3 N–H and O–H groups in total. The van der Waals surface area contributed by atoms with Gasteiger partial charge in [0.05, 0.1) is 6.54 Å². The van der Waals surface area contributed by atoms with Gasteiger partial charge in [-0.15, -0.1) is 0 Å². The van der Waals surface area contributed by atoms with Crippen LogP contribution in [0.4, 0.5) is 0 Å². The lowest BCUT2D eigenvalue weighted by atomic mass is 10.0. The zero-order chi connectivity index (χ0) is 12.3. The summed E-state index contributed by atoms with van der Waals surface area (Å²) in [6.45, 7) is 2.30. The lowest BCUT2D eigenvalue weighted by Crippen LogP contribution is -2.25. The van der Waals surface area contributed by atoms with Crippen molar-refractivity contribution in [1.82, 2.24) is 5.32 Å². The first-order valence-corrected chi connectivity index (χ1v) is 5.81. The summed E-state index contributed by atoms with van der Waals surface area (Å²) in [4.78, 5) is 11.8. The van der Waals surface area contributed by atoms with E-state index in [4.69, 9.17) is 5.73 Å². The molecule has 1 aromatic carbocycles. The maximum atomic E-state index is 11.8. The zero-order valence-corrected chi connectivity index (χ0v) is 9.92. The van der Waals surface area contributed by atoms with Crippen molar-refractivity contribution in [2.75, 3.05) is 6.54 Å². The Hall–Kier alpha value is -1.79. The van der Waals surface area contributed by atoms with Crippen LogP contribution in [0.15, 0.2) is 18.2 Å². The Morgan fingerprint density at radius 1 is 1.53 bits per heavy atom. The van der Waals surface area contributed by atoms with Crippen molar-refractivity contribution in [3.05, 3.63) is 34.9 Å². The average molecular weight is 228 g/mol. The Morgan fingerprint density at radius 3 is 2.88 bits per heavy atom. The summed E-state index contributed by atoms with van der Waals surface area (Å²) in [5.74, 6) is 5.81. The fraction of sp³-hybridized carbons (Fsp3) is 0.357. The number of hydrogen-bond donors (Lipinski definition) is 2. The Bertz CT molecular complexity index is 493. The van der Waals surface area contributed by atoms with Crippen LogP contribution >= 0.6 is 0 Å². The summed E-state index contributed by atoms with van der Waals surface area (Å²) in [5, 5.41) is 2.97. The second kappa shape index (κ2) is 5.03. The molecule has 0 aromatic heterocycles. The van der Waals surface area contributed by atoms with Crippen molar-refractivity contribution >= 4 is 5.91 Å². The fourth-order valence-corrected chi connectivity index (χ4v) is 1.59. The number of nitrogens with two attached hydrogens (primary N) is 1. The Morgan fingerprint density at radius 2 is 2.29 bits per heavy atom. The molecule has 1 amide bonds. The van der Waals surface area contributed by atoms with E-state index in [-0.39, 0.29) is 5.91 Å². The van der Waals surface area contributed by atoms with Gasteiger partial charge in [0, 0.05) is 17.2 Å². The van der Waals surface area contributed by atoms with Crippen LogP contribution in [0, 0.1) is 18.8 Å². The molecule has 17 heavy (non-hydrogen) atoms. The zero-order valence-electron chi connectivity index (χ0n) is 9.92. The number of benzene rings is 1. The molecule has 1 aliphatic rings. The highest BCUT2D eigenvalue weighted by atomic mass is 16.1. The van der Waals surface area contributed by atoms with E-state index in [1.165, 1.54) is 0 Å². The molecule has 0 bridgehead atoms. The van der Waals surface area contributed by atoms with Gasteiger partial charge in [0.1, 0.15) is 0 Å². The van der Waals surface area contributed by atoms with Gasteiger partial charge in [-0.25, -0.2) is 0 Å². The first-order chi connectivity index (χ1) is 8.20. The standard InChI is InChI=1S/C14H16N2O/c1-10-9-12(14(17)16-13-6-7-13)5-4-11(10)3-2-8-15/h4-5,9,13H,6-8,15H2,1H3,(H,16,17). The van der Waals surface area contributed by atoms with Crippen LogP contribution in [0.5, 0.6) is 0 Å². The van der Waals surface area contributed by atoms with E-state index in [0.717, 1.165) is 24.0 Å². The first-order valence-electron chi connectivity index (χ1n) is 5.81. The van der Waals surface area contributed by atoms with Crippen LogP contribution in [0.2, 0.25) is 0 Å². The van der Waals surface area contributed by atoms with Gasteiger partial charge < -0.3 is 11.1 Å². The van der Waals surface area contributed by atoms with Gasteiger partial charge >= 0.3 is 0 Å². The molecule has 0 heterocycles. The smallest absolute Gasteiger partial charge is 0.251 e. The minimum atomic E-state index is 0.00827. The van der Waals surface area contributed by atoms with E-state index in [1.54, 1.807) is 0 Å². The molecule has 0 aliphatic heterocycles. The summed E-state index contributed by atoms with van der Waals surface area (Å²) in [5.41, 5.74) is 7.97. The SMILES string of the molecule is Cc1cc(C(=O)NC2CC2)ccc1C#CCN. The fourth-order valence-electron chi connectivity index (χ4n) is 1.59. The van der Waals surface area contributed by atoms with Gasteiger partial charge in [0.2, 0.25) is 0 Å². The molecule has 1 aromatic rings. The molecule has 88 valence electrons. The molecule has 3 heteroatoms. The van der Waals surface area contributed by atoms with E-state index in [9.17, 15) is 4.79 Å². The molecule has 0 saturated heterocycles. The molecule has 0 atom stereocenters. The van der Waals surface area contributed by atoms with E-state index in [1.807, 2.05) is 25.1 Å². The summed E-state index contributed by atoms with van der Waals surface area (Å²) in [7, 11) is 0. The van der Waals surface area contributed by atoms with E-state index in [2.05, 4.69) is 17.2 Å². The van der Waals surface area contributed by atoms with Gasteiger partial charge in [0.25, 0.3) is 5.91 Å². The van der Waals surface area contributed by atoms with E-state index >= 15 is 0 Å². The summed E-state index contributed by atoms with van der Waals surface area (Å²) in [6, 6.07) is 5.95. The number of carbonyl (C=O) groups is 1. The van der Waals surface area contributed by atoms with Gasteiger partial charge in [-0.05, 0) is 43.5 Å². The van der Waals surface area contributed by atoms with Crippen LogP contribution in [0.25, 0.3) is 0 Å². The number of rotatable bonds is 2. The van der Waals surface area contributed by atoms with Crippen molar-refractivity contribution in [2.45, 2.75) is 25.8 Å². The lowest BCUT2D eigenvalue weighted by molar-refractivity contribution is 0.0951. The largest absolute Gasteiger partial charge is 0.349 e. The van der Waals surface area contributed by atoms with Crippen molar-refractivity contribution in [3.63, 3.8) is 0 Å². The highest BCUT2D eigenvalue weighted by Gasteiger charge is 2.23. The summed E-state index contributed by atoms with van der Waals surface area (Å²) in [6.07, 6.45) is 2.20. The maximum absolute atomic E-state index is 11.8. The topological polar surface area (TPSA) is 55.1 Å². The number of nitrogens with one attached hydrogen (secondary N) is 1. The first kappa shape index (κ1) is 11.7. The van der Waals surface area contributed by atoms with Crippen LogP contribution in [0.1, 0.15) is 34.3 Å². The summed E-state index contributed by atoms with van der Waals surface area (Å²) >= 11 is 0. The third-order valence-electron chi connectivity index (χ3n) is 2.73. The molecule has 0 unspecified atom stereocenters. The number of hydrogen-bond acceptors (Lipinski definition) is 2. The normalized spacial score (nSPS) is 13.8. The molecule has 1 aliphatic carbocycles. The van der Waals surface area contributed by atoms with Gasteiger partial charge in [0.15, 0.2) is 0 Å². The highest BCUT2D eigenvalue weighted by molar-refractivity contribution is 5.94. The third-order valence-corrected chi connectivity index (χ3v) is 2.73. The molecule has 1 saturated carbocycles. The van der Waals surface area contributed by atoms with Crippen molar-refractivity contribution < 1.29 is 4.79 Å². The Kier molecular flexibility index (Phi) is 3.46. The monoisotopic (exact) mass is 228 g/mol. The Labute approximate surface area is 101 Å². The molecule has 1 fully saturated rings. The van der Waals surface area contributed by atoms with Gasteiger partial charge in [-0.1, -0.05) is 11.8 Å². The number of aryl methyl sites for hydroxylation is 1. The minimum absolute atomic E-state index is 0.00827. The molecule has 0 spiro atoms. The third kappa shape index (κ3) is 3.08. The average Bonchev–Trinajstić information content (AvgIpc) is 3.11. The molecular weight excluding hydrogens is 212 g/mol. The predicted octanol–water partition coefficient (Wildman–Crippen LogP) is 1.20. The van der Waals surface area contributed by atoms with Crippen molar-refractivity contribution in [1.29, 1.82) is 0 Å². The van der Waals surface area contributed by atoms with Crippen molar-refractivity contribution in [2.24, 2.45) is 5.73 Å². The summed E-state index contributed by atoms with van der Waals surface area (Å²) < 4.78 is 0. The number of carbonyl (C=O) groups excluding carboxylic acids is 1. The van der Waals surface area contributed by atoms with Crippen LogP contribution in [-0.4, -0.2) is 18.5 Å². The van der Waals surface area contributed by atoms with Crippen LogP contribution in [-0.2, 0) is 0 Å². The molecule has 0 radical (unpaired) electrons. The predicted molar refractivity (Wildman–Crippen MR) is 67.6 cm³/mol. The van der Waals surface area contributed by atoms with Crippen LogP contribution in [0.3, 0.4) is 0 Å². The second-order valence-corrected chi connectivity index (χ2v) is 4.28. The van der Waals surface area contributed by atoms with Crippen LogP contribution < -0.4 is 11.1 Å². The molecule has 2 rings (SSSR count). The lowest BCUT2D eigenvalue weighted by Gasteiger charge is -2.05. The Balaban J connectivity index is 2.14. The highest BCUT2D eigenvalue weighted by Crippen LogP contribution is 2.19. The molecule has 3 nitrogen and oxygen atoms in total. The van der Waals surface area contributed by atoms with Gasteiger partial charge in [-0.2, -0.15) is 0 Å². The van der Waals surface area contributed by atoms with E-state index < -0.39 is 0 Å². The minimum Gasteiger partial charge on any atom is -0.349 e.